The molecular weight excluding hydrogens is 250 g/mol. The van der Waals surface area contributed by atoms with Gasteiger partial charge in [0, 0.05) is 19.3 Å². The molecule has 18 heavy (non-hydrogen) atoms. The van der Waals surface area contributed by atoms with Gasteiger partial charge in [-0.25, -0.2) is 13.4 Å². The second kappa shape index (κ2) is 5.56. The molecule has 100 valence electrons. The fourth-order valence-corrected chi connectivity index (χ4v) is 3.28. The number of sulfonamides is 1. The maximum atomic E-state index is 11.8. The van der Waals surface area contributed by atoms with Crippen molar-refractivity contribution < 1.29 is 8.42 Å². The van der Waals surface area contributed by atoms with E-state index in [9.17, 15) is 8.42 Å². The number of nitrogens with one attached hydrogen (secondary N) is 1. The minimum absolute atomic E-state index is 0.140. The summed E-state index contributed by atoms with van der Waals surface area (Å²) in [6.07, 6.45) is 4.58. The van der Waals surface area contributed by atoms with Crippen LogP contribution in [0.3, 0.4) is 0 Å². The standard InChI is InChI=1S/C12H19N3O2S/c1-2-10-18(16,17)14-11-6-5-7-13-12(11)15-8-3-4-9-15/h5-7,14H,2-4,8-10H2,1H3. The molecule has 1 N–H and O–H groups in total. The first-order valence-electron chi connectivity index (χ1n) is 6.33. The van der Waals surface area contributed by atoms with Crippen LogP contribution in [0.15, 0.2) is 18.3 Å². The van der Waals surface area contributed by atoms with Crippen molar-refractivity contribution in [1.82, 2.24) is 4.98 Å². The molecule has 0 bridgehead atoms. The zero-order valence-corrected chi connectivity index (χ0v) is 11.4. The molecule has 6 heteroatoms. The molecule has 0 radical (unpaired) electrons. The van der Waals surface area contributed by atoms with Crippen molar-refractivity contribution in [2.24, 2.45) is 0 Å². The van der Waals surface area contributed by atoms with Gasteiger partial charge in [-0.3, -0.25) is 4.72 Å². The van der Waals surface area contributed by atoms with Crippen LogP contribution in [-0.2, 0) is 10.0 Å². The Morgan fingerprint density at radius 2 is 2.11 bits per heavy atom. The molecule has 0 aliphatic carbocycles. The molecule has 5 nitrogen and oxygen atoms in total. The fourth-order valence-electron chi connectivity index (χ4n) is 2.14. The molecule has 2 rings (SSSR count). The predicted molar refractivity (Wildman–Crippen MR) is 73.4 cm³/mol. The summed E-state index contributed by atoms with van der Waals surface area (Å²) in [5, 5.41) is 0. The lowest BCUT2D eigenvalue weighted by atomic mass is 10.4. The smallest absolute Gasteiger partial charge is 0.232 e. The van der Waals surface area contributed by atoms with Crippen LogP contribution in [-0.4, -0.2) is 32.2 Å². The Morgan fingerprint density at radius 3 is 2.78 bits per heavy atom. The zero-order valence-electron chi connectivity index (χ0n) is 10.6. The number of hydrogen-bond acceptors (Lipinski definition) is 4. The van der Waals surface area contributed by atoms with Gasteiger partial charge in [0.05, 0.1) is 11.4 Å². The Kier molecular flexibility index (Phi) is 4.06. The van der Waals surface area contributed by atoms with Gasteiger partial charge < -0.3 is 4.90 Å². The molecule has 0 amide bonds. The van der Waals surface area contributed by atoms with Crippen LogP contribution >= 0.6 is 0 Å². The molecule has 0 aromatic carbocycles. The first-order chi connectivity index (χ1) is 8.62. The Morgan fingerprint density at radius 1 is 1.39 bits per heavy atom. The zero-order chi connectivity index (χ0) is 13.0. The quantitative estimate of drug-likeness (QED) is 0.886. The van der Waals surface area contributed by atoms with E-state index in [1.54, 1.807) is 18.3 Å². The van der Waals surface area contributed by atoms with Gasteiger partial charge in [0.25, 0.3) is 0 Å². The highest BCUT2D eigenvalue weighted by molar-refractivity contribution is 7.92. The number of anilines is 2. The summed E-state index contributed by atoms with van der Waals surface area (Å²) in [6, 6.07) is 3.53. The highest BCUT2D eigenvalue weighted by atomic mass is 32.2. The van der Waals surface area contributed by atoms with Crippen LogP contribution in [0, 0.1) is 0 Å². The SMILES string of the molecule is CCCS(=O)(=O)Nc1cccnc1N1CCCC1. The molecule has 0 spiro atoms. The highest BCUT2D eigenvalue weighted by Crippen LogP contribution is 2.26. The average molecular weight is 269 g/mol. The number of nitrogens with zero attached hydrogens (tertiary/aromatic N) is 2. The Hall–Kier alpha value is -1.30. The minimum Gasteiger partial charge on any atom is -0.355 e. The van der Waals surface area contributed by atoms with E-state index in [1.165, 1.54) is 0 Å². The first kappa shape index (κ1) is 13.1. The van der Waals surface area contributed by atoms with Crippen molar-refractivity contribution in [2.45, 2.75) is 26.2 Å². The van der Waals surface area contributed by atoms with Crippen molar-refractivity contribution in [3.8, 4) is 0 Å². The summed E-state index contributed by atoms with van der Waals surface area (Å²) >= 11 is 0. The van der Waals surface area contributed by atoms with Gasteiger partial charge in [-0.2, -0.15) is 0 Å². The second-order valence-corrected chi connectivity index (χ2v) is 6.33. The van der Waals surface area contributed by atoms with Gasteiger partial charge in [0.2, 0.25) is 10.0 Å². The van der Waals surface area contributed by atoms with Gasteiger partial charge in [-0.05, 0) is 31.4 Å². The van der Waals surface area contributed by atoms with Crippen molar-refractivity contribution in [3.05, 3.63) is 18.3 Å². The van der Waals surface area contributed by atoms with E-state index >= 15 is 0 Å². The third-order valence-corrected chi connectivity index (χ3v) is 4.41. The largest absolute Gasteiger partial charge is 0.355 e. The first-order valence-corrected chi connectivity index (χ1v) is 7.98. The monoisotopic (exact) mass is 269 g/mol. The maximum Gasteiger partial charge on any atom is 0.232 e. The summed E-state index contributed by atoms with van der Waals surface area (Å²) in [5.41, 5.74) is 0.591. The molecule has 1 aliphatic heterocycles. The molecule has 0 atom stereocenters. The number of hydrogen-bond donors (Lipinski definition) is 1. The topological polar surface area (TPSA) is 62.3 Å². The van der Waals surface area contributed by atoms with Crippen molar-refractivity contribution in [2.75, 3.05) is 28.5 Å². The van der Waals surface area contributed by atoms with Crippen LogP contribution in [0.4, 0.5) is 11.5 Å². The van der Waals surface area contributed by atoms with Crippen molar-refractivity contribution in [3.63, 3.8) is 0 Å². The Bertz CT molecular complexity index is 496. The van der Waals surface area contributed by atoms with Crippen LogP contribution in [0.25, 0.3) is 0 Å². The van der Waals surface area contributed by atoms with Crippen molar-refractivity contribution >= 4 is 21.5 Å². The summed E-state index contributed by atoms with van der Waals surface area (Å²) < 4.78 is 26.3. The van der Waals surface area contributed by atoms with Crippen LogP contribution in [0.1, 0.15) is 26.2 Å². The Labute approximate surface area is 108 Å². The van der Waals surface area contributed by atoms with Crippen molar-refractivity contribution in [1.29, 1.82) is 0 Å². The average Bonchev–Trinajstić information content (AvgIpc) is 2.82. The minimum atomic E-state index is -3.25. The normalized spacial score (nSPS) is 15.9. The summed E-state index contributed by atoms with van der Waals surface area (Å²) in [4.78, 5) is 6.43. The molecule has 1 aliphatic rings. The lowest BCUT2D eigenvalue weighted by molar-refractivity contribution is 0.600. The van der Waals surface area contributed by atoms with Crippen LogP contribution in [0.2, 0.25) is 0 Å². The highest BCUT2D eigenvalue weighted by Gasteiger charge is 2.19. The molecule has 0 saturated carbocycles. The van der Waals surface area contributed by atoms with E-state index in [-0.39, 0.29) is 5.75 Å². The van der Waals surface area contributed by atoms with Crippen LogP contribution < -0.4 is 9.62 Å². The molecule has 1 aromatic rings. The summed E-state index contributed by atoms with van der Waals surface area (Å²) in [5.74, 6) is 0.885. The molecule has 2 heterocycles. The number of aromatic nitrogens is 1. The van der Waals surface area contributed by atoms with Gasteiger partial charge in [-0.15, -0.1) is 0 Å². The van der Waals surface area contributed by atoms with Gasteiger partial charge in [-0.1, -0.05) is 6.92 Å². The van der Waals surface area contributed by atoms with E-state index in [1.807, 2.05) is 6.92 Å². The Balaban J connectivity index is 2.22. The second-order valence-electron chi connectivity index (χ2n) is 4.49. The molecule has 1 saturated heterocycles. The fraction of sp³-hybridized carbons (Fsp3) is 0.583. The van der Waals surface area contributed by atoms with E-state index in [0.29, 0.717) is 12.1 Å². The third-order valence-electron chi connectivity index (χ3n) is 2.93. The summed E-state index contributed by atoms with van der Waals surface area (Å²) in [6.45, 7) is 3.74. The van der Waals surface area contributed by atoms with Gasteiger partial charge in [0.1, 0.15) is 0 Å². The van der Waals surface area contributed by atoms with Gasteiger partial charge >= 0.3 is 0 Å². The van der Waals surface area contributed by atoms with E-state index < -0.39 is 10.0 Å². The lowest BCUT2D eigenvalue weighted by Gasteiger charge is -2.20. The molecule has 1 fully saturated rings. The van der Waals surface area contributed by atoms with E-state index in [2.05, 4.69) is 14.6 Å². The number of pyridine rings is 1. The molecular formula is C12H19N3O2S. The van der Waals surface area contributed by atoms with E-state index in [0.717, 1.165) is 31.7 Å². The lowest BCUT2D eigenvalue weighted by Crippen LogP contribution is -2.23. The van der Waals surface area contributed by atoms with Gasteiger partial charge in [0.15, 0.2) is 5.82 Å². The third kappa shape index (κ3) is 3.13. The number of rotatable bonds is 5. The molecule has 0 unspecified atom stereocenters. The summed E-state index contributed by atoms with van der Waals surface area (Å²) in [7, 11) is -3.25. The molecule has 1 aromatic heterocycles. The maximum absolute atomic E-state index is 11.8. The van der Waals surface area contributed by atoms with E-state index in [4.69, 9.17) is 0 Å². The predicted octanol–water partition coefficient (Wildman–Crippen LogP) is 1.83. The van der Waals surface area contributed by atoms with Crippen LogP contribution in [0.5, 0.6) is 0 Å².